The maximum atomic E-state index is 12.4. The Kier molecular flexibility index (Phi) is 6.39. The molecule has 0 aliphatic heterocycles. The molecule has 1 aromatic carbocycles. The largest absolute Gasteiger partial charge is 0.296 e. The molecule has 1 heterocycles. The van der Waals surface area contributed by atoms with Gasteiger partial charge < -0.3 is 0 Å². The van der Waals surface area contributed by atoms with E-state index in [0.717, 1.165) is 11.1 Å². The molecular formula is C14H16Cl2N4O3S2. The molecule has 0 aliphatic carbocycles. The summed E-state index contributed by atoms with van der Waals surface area (Å²) in [6, 6.07) is 2.04. The van der Waals surface area contributed by atoms with Gasteiger partial charge in [-0.1, -0.05) is 41.5 Å². The van der Waals surface area contributed by atoms with Gasteiger partial charge in [-0.25, -0.2) is 13.1 Å². The van der Waals surface area contributed by atoms with Gasteiger partial charge in [-0.15, -0.1) is 10.2 Å². The molecule has 0 radical (unpaired) electrons. The minimum Gasteiger partial charge on any atom is -0.296 e. The number of aryl methyl sites for hydroxylation is 1. The van der Waals surface area contributed by atoms with Crippen molar-refractivity contribution in [3.05, 3.63) is 32.7 Å². The van der Waals surface area contributed by atoms with Crippen LogP contribution in [0.5, 0.6) is 0 Å². The lowest BCUT2D eigenvalue weighted by Crippen LogP contribution is -2.30. The zero-order chi connectivity index (χ0) is 18.8. The maximum Gasteiger partial charge on any atom is 0.259 e. The quantitative estimate of drug-likeness (QED) is 0.742. The van der Waals surface area contributed by atoms with E-state index in [0.29, 0.717) is 11.6 Å². The van der Waals surface area contributed by atoms with E-state index in [2.05, 4.69) is 20.2 Å². The third kappa shape index (κ3) is 4.89. The molecule has 0 saturated heterocycles. The minimum absolute atomic E-state index is 0.0246. The van der Waals surface area contributed by atoms with E-state index in [4.69, 9.17) is 23.2 Å². The van der Waals surface area contributed by atoms with Crippen LogP contribution in [0.3, 0.4) is 0 Å². The summed E-state index contributed by atoms with van der Waals surface area (Å²) in [7, 11) is -3.88. The molecule has 2 aromatic rings. The van der Waals surface area contributed by atoms with Crippen molar-refractivity contribution in [1.29, 1.82) is 0 Å². The van der Waals surface area contributed by atoms with E-state index in [-0.39, 0.29) is 26.5 Å². The fraction of sp³-hybridized carbons (Fsp3) is 0.357. The third-order valence-corrected chi connectivity index (χ3v) is 6.36. The van der Waals surface area contributed by atoms with Crippen LogP contribution < -0.4 is 10.0 Å². The molecule has 0 fully saturated rings. The van der Waals surface area contributed by atoms with Crippen molar-refractivity contribution in [3.8, 4) is 0 Å². The first-order valence-corrected chi connectivity index (χ1v) is 10.3. The highest BCUT2D eigenvalue weighted by atomic mass is 35.5. The number of sulfonamides is 1. The molecule has 0 spiro atoms. The minimum atomic E-state index is -3.88. The molecule has 0 atom stereocenters. The van der Waals surface area contributed by atoms with E-state index in [1.807, 2.05) is 6.92 Å². The molecule has 0 saturated carbocycles. The van der Waals surface area contributed by atoms with Crippen LogP contribution in [-0.2, 0) is 16.4 Å². The number of hydrogen-bond acceptors (Lipinski definition) is 6. The number of nitrogens with zero attached hydrogens (tertiary/aromatic N) is 2. The fourth-order valence-corrected chi connectivity index (χ4v) is 4.68. The Balaban J connectivity index is 2.37. The van der Waals surface area contributed by atoms with E-state index in [1.165, 1.54) is 17.4 Å². The number of hydrogen-bond donors (Lipinski definition) is 2. The van der Waals surface area contributed by atoms with Crippen LogP contribution in [0.25, 0.3) is 0 Å². The van der Waals surface area contributed by atoms with Crippen LogP contribution in [0.4, 0.5) is 5.13 Å². The number of amides is 1. The first-order chi connectivity index (χ1) is 11.6. The Hall–Kier alpha value is -1.26. The van der Waals surface area contributed by atoms with Crippen molar-refractivity contribution in [2.24, 2.45) is 0 Å². The summed E-state index contributed by atoms with van der Waals surface area (Å²) in [5.41, 5.74) is -0.0246. The predicted octanol–water partition coefficient (Wildman–Crippen LogP) is 3.35. The molecule has 25 heavy (non-hydrogen) atoms. The Morgan fingerprint density at radius 1 is 1.24 bits per heavy atom. The molecule has 0 aliphatic rings. The Morgan fingerprint density at radius 2 is 1.92 bits per heavy atom. The van der Waals surface area contributed by atoms with Gasteiger partial charge in [-0.2, -0.15) is 0 Å². The lowest BCUT2D eigenvalue weighted by Gasteiger charge is -2.13. The average Bonchev–Trinajstić information content (AvgIpc) is 2.93. The van der Waals surface area contributed by atoms with Gasteiger partial charge in [0.1, 0.15) is 9.90 Å². The van der Waals surface area contributed by atoms with Crippen LogP contribution in [0, 0.1) is 0 Å². The molecule has 1 amide bonds. The molecule has 2 rings (SSSR count). The Morgan fingerprint density at radius 3 is 2.48 bits per heavy atom. The summed E-state index contributed by atoms with van der Waals surface area (Å²) in [6.07, 6.45) is 0.693. The Bertz CT molecular complexity index is 897. The lowest BCUT2D eigenvalue weighted by molar-refractivity contribution is 0.102. The first kappa shape index (κ1) is 20.1. The number of halogens is 2. The predicted molar refractivity (Wildman–Crippen MR) is 99.2 cm³/mol. The number of anilines is 1. The summed E-state index contributed by atoms with van der Waals surface area (Å²) in [5.74, 6) is -0.596. The molecule has 1 aromatic heterocycles. The van der Waals surface area contributed by atoms with E-state index < -0.39 is 15.9 Å². The second-order valence-corrected chi connectivity index (χ2v) is 8.91. The van der Waals surface area contributed by atoms with Gasteiger partial charge in [0.15, 0.2) is 0 Å². The Labute approximate surface area is 159 Å². The molecular weight excluding hydrogens is 407 g/mol. The zero-order valence-electron chi connectivity index (χ0n) is 13.6. The van der Waals surface area contributed by atoms with Crippen molar-refractivity contribution in [1.82, 2.24) is 14.9 Å². The summed E-state index contributed by atoms with van der Waals surface area (Å²) >= 11 is 13.3. The van der Waals surface area contributed by atoms with Crippen molar-refractivity contribution in [2.45, 2.75) is 38.1 Å². The maximum absolute atomic E-state index is 12.4. The standard InChI is InChI=1S/C14H16Cl2N4O3S2/c1-4-12-18-19-14(24-12)17-13(21)8-5-11(10(16)6-9(8)15)25(22,23)20-7(2)3/h5-7,20H,4H2,1-3H3,(H,17,19,21). The normalized spacial score (nSPS) is 11.8. The van der Waals surface area contributed by atoms with E-state index in [9.17, 15) is 13.2 Å². The van der Waals surface area contributed by atoms with Crippen LogP contribution in [0.15, 0.2) is 17.0 Å². The van der Waals surface area contributed by atoms with Gasteiger partial charge >= 0.3 is 0 Å². The van der Waals surface area contributed by atoms with E-state index >= 15 is 0 Å². The number of carbonyl (C=O) groups excluding carboxylic acids is 1. The van der Waals surface area contributed by atoms with Gasteiger partial charge in [0.05, 0.1) is 15.6 Å². The van der Waals surface area contributed by atoms with Gasteiger partial charge in [0.2, 0.25) is 15.2 Å². The van der Waals surface area contributed by atoms with Gasteiger partial charge in [0.25, 0.3) is 5.91 Å². The number of rotatable bonds is 6. The first-order valence-electron chi connectivity index (χ1n) is 7.29. The summed E-state index contributed by atoms with van der Waals surface area (Å²) in [4.78, 5) is 12.2. The second-order valence-electron chi connectivity index (χ2n) is 5.35. The molecule has 136 valence electrons. The molecule has 0 bridgehead atoms. The fourth-order valence-electron chi connectivity index (χ4n) is 1.89. The third-order valence-electron chi connectivity index (χ3n) is 2.94. The van der Waals surface area contributed by atoms with E-state index in [1.54, 1.807) is 13.8 Å². The smallest absolute Gasteiger partial charge is 0.259 e. The zero-order valence-corrected chi connectivity index (χ0v) is 16.8. The van der Waals surface area contributed by atoms with Gasteiger partial charge in [-0.05, 0) is 32.4 Å². The SMILES string of the molecule is CCc1nnc(NC(=O)c2cc(S(=O)(=O)NC(C)C)c(Cl)cc2Cl)s1. The highest BCUT2D eigenvalue weighted by molar-refractivity contribution is 7.89. The number of carbonyl (C=O) groups is 1. The highest BCUT2D eigenvalue weighted by Crippen LogP contribution is 2.29. The topological polar surface area (TPSA) is 101 Å². The second kappa shape index (κ2) is 7.96. The summed E-state index contributed by atoms with van der Waals surface area (Å²) in [6.45, 7) is 5.27. The van der Waals surface area contributed by atoms with Gasteiger partial charge in [-0.3, -0.25) is 10.1 Å². The number of nitrogens with one attached hydrogen (secondary N) is 2. The van der Waals surface area contributed by atoms with Crippen LogP contribution in [0.2, 0.25) is 10.0 Å². The van der Waals surface area contributed by atoms with Crippen LogP contribution in [0.1, 0.15) is 36.1 Å². The van der Waals surface area contributed by atoms with Crippen molar-refractivity contribution >= 4 is 55.6 Å². The van der Waals surface area contributed by atoms with Gasteiger partial charge in [0, 0.05) is 6.04 Å². The number of benzene rings is 1. The van der Waals surface area contributed by atoms with Crippen LogP contribution >= 0.6 is 34.5 Å². The monoisotopic (exact) mass is 422 g/mol. The molecule has 2 N–H and O–H groups in total. The van der Waals surface area contributed by atoms with Crippen molar-refractivity contribution in [3.63, 3.8) is 0 Å². The summed E-state index contributed by atoms with van der Waals surface area (Å²) in [5, 5.41) is 11.3. The molecule has 0 unspecified atom stereocenters. The average molecular weight is 423 g/mol. The van der Waals surface area contributed by atoms with Crippen molar-refractivity contribution in [2.75, 3.05) is 5.32 Å². The molecule has 11 heteroatoms. The number of aromatic nitrogens is 2. The molecule has 7 nitrogen and oxygen atoms in total. The summed E-state index contributed by atoms with van der Waals surface area (Å²) < 4.78 is 27.1. The lowest BCUT2D eigenvalue weighted by atomic mass is 10.2. The van der Waals surface area contributed by atoms with Crippen molar-refractivity contribution < 1.29 is 13.2 Å². The highest BCUT2D eigenvalue weighted by Gasteiger charge is 2.23. The van der Waals surface area contributed by atoms with Crippen LogP contribution in [-0.4, -0.2) is 30.6 Å².